The van der Waals surface area contributed by atoms with Crippen LogP contribution in [0.5, 0.6) is 0 Å². The molecule has 0 heterocycles. The zero-order valence-corrected chi connectivity index (χ0v) is 24.4. The Hall–Kier alpha value is -2.38. The summed E-state index contributed by atoms with van der Waals surface area (Å²) in [6.45, 7) is 0. The minimum absolute atomic E-state index is 0.0149. The van der Waals surface area contributed by atoms with Gasteiger partial charge in [0.1, 0.15) is 0 Å². The highest BCUT2D eigenvalue weighted by atomic mass is 79.9. The number of fused-ring (bicyclic) bond motifs is 4. The van der Waals surface area contributed by atoms with E-state index in [4.69, 9.17) is 0 Å². The van der Waals surface area contributed by atoms with Crippen LogP contribution in [0.2, 0.25) is 0 Å². The van der Waals surface area contributed by atoms with Crippen LogP contribution in [0.15, 0.2) is 88.1 Å². The molecule has 0 saturated heterocycles. The quantitative estimate of drug-likeness (QED) is 0.115. The van der Waals surface area contributed by atoms with Gasteiger partial charge in [0.25, 0.3) is 0 Å². The number of halogens is 4. The van der Waals surface area contributed by atoms with E-state index in [1.54, 1.807) is 0 Å². The maximum absolute atomic E-state index is 13.9. The Balaban J connectivity index is 1.85. The highest BCUT2D eigenvalue weighted by molar-refractivity contribution is 9.13. The molecule has 2 nitrogen and oxygen atoms in total. The molecule has 0 N–H and O–H groups in total. The van der Waals surface area contributed by atoms with Gasteiger partial charge in [-0.3, -0.25) is 9.59 Å². The summed E-state index contributed by atoms with van der Waals surface area (Å²) in [6.07, 6.45) is 0. The second-order valence-corrected chi connectivity index (χ2v) is 12.5. The molecule has 8 rings (SSSR count). The number of benzene rings is 8. The molecule has 0 spiro atoms. The van der Waals surface area contributed by atoms with Crippen molar-refractivity contribution in [1.29, 1.82) is 0 Å². The van der Waals surface area contributed by atoms with Crippen molar-refractivity contribution in [3.63, 3.8) is 0 Å². The van der Waals surface area contributed by atoms with Gasteiger partial charge in [-0.15, -0.1) is 0 Å². The molecule has 0 aromatic heterocycles. The van der Waals surface area contributed by atoms with Gasteiger partial charge in [0.05, 0.1) is 0 Å². The molecule has 36 heavy (non-hydrogen) atoms. The van der Waals surface area contributed by atoms with E-state index in [-0.39, 0.29) is 10.9 Å². The third-order valence-corrected chi connectivity index (χ3v) is 11.0. The van der Waals surface area contributed by atoms with Gasteiger partial charge in [-0.25, -0.2) is 0 Å². The Labute approximate surface area is 236 Å². The highest BCUT2D eigenvalue weighted by Crippen LogP contribution is 2.51. The summed E-state index contributed by atoms with van der Waals surface area (Å²) in [5.41, 5.74) is -0.00771. The van der Waals surface area contributed by atoms with Crippen LogP contribution in [0.25, 0.3) is 75.4 Å². The average Bonchev–Trinajstić information content (AvgIpc) is 2.87. The largest absolute Gasteiger partial charge is 0.289 e. The topological polar surface area (TPSA) is 34.1 Å². The van der Waals surface area contributed by atoms with E-state index >= 15 is 0 Å². The Kier molecular flexibility index (Phi) is 4.30. The van der Waals surface area contributed by atoms with Crippen LogP contribution in [0, 0.1) is 0 Å². The van der Waals surface area contributed by atoms with E-state index in [1.165, 1.54) is 0 Å². The van der Waals surface area contributed by atoms with Gasteiger partial charge >= 0.3 is 0 Å². The van der Waals surface area contributed by atoms with Crippen molar-refractivity contribution in [3.05, 3.63) is 99.0 Å². The van der Waals surface area contributed by atoms with Crippen LogP contribution in [0.1, 0.15) is 0 Å². The molecule has 0 atom stereocenters. The summed E-state index contributed by atoms with van der Waals surface area (Å²) in [5.74, 6) is 0. The molecule has 0 amide bonds. The van der Waals surface area contributed by atoms with E-state index < -0.39 is 0 Å². The first-order chi connectivity index (χ1) is 17.4. The van der Waals surface area contributed by atoms with Crippen LogP contribution >= 0.6 is 63.7 Å². The van der Waals surface area contributed by atoms with Crippen molar-refractivity contribution in [3.8, 4) is 0 Å². The number of hydrogen-bond donors (Lipinski definition) is 0. The van der Waals surface area contributed by atoms with Crippen LogP contribution < -0.4 is 10.9 Å². The Morgan fingerprint density at radius 3 is 1.89 bits per heavy atom. The predicted octanol–water partition coefficient (Wildman–Crippen LogP) is 9.84. The first kappa shape index (κ1) is 21.7. The van der Waals surface area contributed by atoms with E-state index in [0.717, 1.165) is 71.8 Å². The number of hydrogen-bond acceptors (Lipinski definition) is 2. The van der Waals surface area contributed by atoms with Crippen molar-refractivity contribution in [2.75, 3.05) is 0 Å². The maximum atomic E-state index is 13.9. The van der Waals surface area contributed by atoms with Gasteiger partial charge in [-0.1, -0.05) is 52.3 Å². The normalized spacial score (nSPS) is 12.7. The molecule has 8 aromatic carbocycles. The molecular formula is C30H10Br4O2. The van der Waals surface area contributed by atoms with Gasteiger partial charge < -0.3 is 0 Å². The molecule has 8 aromatic rings. The van der Waals surface area contributed by atoms with Gasteiger partial charge in [0.2, 0.25) is 0 Å². The molecule has 0 aliphatic rings. The predicted molar refractivity (Wildman–Crippen MR) is 166 cm³/mol. The molecule has 0 unspecified atom stereocenters. The van der Waals surface area contributed by atoms with Gasteiger partial charge in [-0.2, -0.15) is 0 Å². The summed E-state index contributed by atoms with van der Waals surface area (Å²) >= 11 is 15.0. The Bertz CT molecular complexity index is 2400. The molecule has 0 aliphatic carbocycles. The molecule has 170 valence electrons. The molecule has 0 fully saturated rings. The summed E-state index contributed by atoms with van der Waals surface area (Å²) < 4.78 is 3.14. The minimum Gasteiger partial charge on any atom is -0.289 e. The van der Waals surface area contributed by atoms with Crippen molar-refractivity contribution < 1.29 is 0 Å². The van der Waals surface area contributed by atoms with Gasteiger partial charge in [0, 0.05) is 50.2 Å². The van der Waals surface area contributed by atoms with Gasteiger partial charge in [0.15, 0.2) is 10.9 Å². The second-order valence-electron chi connectivity index (χ2n) is 9.22. The first-order valence-corrected chi connectivity index (χ1v) is 14.4. The zero-order chi connectivity index (χ0) is 24.6. The van der Waals surface area contributed by atoms with E-state index in [2.05, 4.69) is 75.9 Å². The monoisotopic (exact) mass is 718 g/mol. The summed E-state index contributed by atoms with van der Waals surface area (Å²) in [4.78, 5) is 27.7. The van der Waals surface area contributed by atoms with Crippen LogP contribution in [0.4, 0.5) is 0 Å². The van der Waals surface area contributed by atoms with E-state index in [9.17, 15) is 9.59 Å². The Morgan fingerprint density at radius 1 is 0.417 bits per heavy atom. The van der Waals surface area contributed by atoms with E-state index in [0.29, 0.717) is 21.5 Å². The zero-order valence-electron chi connectivity index (χ0n) is 18.1. The molecule has 0 radical (unpaired) electrons. The molecular weight excluding hydrogens is 712 g/mol. The lowest BCUT2D eigenvalue weighted by Crippen LogP contribution is -2.08. The molecule has 0 bridgehead atoms. The third-order valence-electron chi connectivity index (χ3n) is 7.55. The Morgan fingerprint density at radius 2 is 1.08 bits per heavy atom. The van der Waals surface area contributed by atoms with Crippen LogP contribution in [-0.2, 0) is 0 Å². The standard InChI is InChI=1S/C30H10Br4O2/c31-18-7-3-6-13-15-8-11-9-19(32)25-22-16(12-4-1-2-5-14(12)29(25)35)10-17-24(20(11)22)23(15)26(28(34)27(17)33)30(36)21(13)18/h1-10H. The van der Waals surface area contributed by atoms with Crippen molar-refractivity contribution in [2.45, 2.75) is 0 Å². The smallest absolute Gasteiger partial charge is 0.196 e. The van der Waals surface area contributed by atoms with Crippen molar-refractivity contribution in [1.82, 2.24) is 0 Å². The molecule has 0 saturated carbocycles. The van der Waals surface area contributed by atoms with Gasteiger partial charge in [-0.05, 0) is 115 Å². The first-order valence-electron chi connectivity index (χ1n) is 11.2. The highest BCUT2D eigenvalue weighted by Gasteiger charge is 2.26. The van der Waals surface area contributed by atoms with Crippen LogP contribution in [-0.4, -0.2) is 0 Å². The summed E-state index contributed by atoms with van der Waals surface area (Å²) in [7, 11) is 0. The fourth-order valence-electron chi connectivity index (χ4n) is 6.15. The lowest BCUT2D eigenvalue weighted by atomic mass is 9.84. The lowest BCUT2D eigenvalue weighted by molar-refractivity contribution is 1.66. The summed E-state index contributed by atoms with van der Waals surface area (Å²) in [5, 5.41) is 12.5. The lowest BCUT2D eigenvalue weighted by Gasteiger charge is -2.21. The third kappa shape index (κ3) is 2.42. The minimum atomic E-state index is -0.0226. The number of rotatable bonds is 0. The molecule has 6 heteroatoms. The van der Waals surface area contributed by atoms with Crippen molar-refractivity contribution >= 4 is 139 Å². The second kappa shape index (κ2) is 7.13. The van der Waals surface area contributed by atoms with Crippen molar-refractivity contribution in [2.24, 2.45) is 0 Å². The average molecular weight is 722 g/mol. The summed E-state index contributed by atoms with van der Waals surface area (Å²) in [6, 6.07) is 20.1. The SMILES string of the molecule is O=c1c2ccccc2c2cc3c(Br)c(Br)c4c(=O)c5c(Br)cccc5c5cc6cc(Br)c1c2c6c3c45. The van der Waals surface area contributed by atoms with Crippen LogP contribution in [0.3, 0.4) is 0 Å². The maximum Gasteiger partial charge on any atom is 0.196 e. The fraction of sp³-hybridized carbons (Fsp3) is 0. The van der Waals surface area contributed by atoms with E-state index in [1.807, 2.05) is 48.5 Å². The molecule has 0 aliphatic heterocycles. The fourth-order valence-corrected chi connectivity index (χ4v) is 8.43.